The number of ether oxygens (including phenoxy) is 3. The number of benzene rings is 1. The van der Waals surface area contributed by atoms with Gasteiger partial charge in [0.2, 0.25) is 0 Å². The van der Waals surface area contributed by atoms with Crippen molar-refractivity contribution >= 4 is 12.2 Å². The summed E-state index contributed by atoms with van der Waals surface area (Å²) in [7, 11) is 0. The molecule has 2 rings (SSSR count). The van der Waals surface area contributed by atoms with Gasteiger partial charge in [0.15, 0.2) is 0 Å². The van der Waals surface area contributed by atoms with E-state index in [0.29, 0.717) is 11.7 Å². The van der Waals surface area contributed by atoms with Gasteiger partial charge < -0.3 is 14.2 Å². The summed E-state index contributed by atoms with van der Waals surface area (Å²) in [6.45, 7) is 7.10. The van der Waals surface area contributed by atoms with Crippen LogP contribution in [0.3, 0.4) is 0 Å². The van der Waals surface area contributed by atoms with Crippen LogP contribution in [-0.2, 0) is 9.47 Å². The van der Waals surface area contributed by atoms with Gasteiger partial charge in [0.1, 0.15) is 11.4 Å². The van der Waals surface area contributed by atoms with Gasteiger partial charge in [-0.15, -0.1) is 0 Å². The monoisotopic (exact) mass is 304 g/mol. The highest BCUT2D eigenvalue weighted by molar-refractivity contribution is 5.64. The van der Waals surface area contributed by atoms with Gasteiger partial charge in [0, 0.05) is 13.2 Å². The first-order valence-corrected chi connectivity index (χ1v) is 7.69. The van der Waals surface area contributed by atoms with Gasteiger partial charge in [-0.05, 0) is 57.2 Å². The quantitative estimate of drug-likeness (QED) is 0.611. The third-order valence-electron chi connectivity index (χ3n) is 3.30. The minimum atomic E-state index is -0.682. The van der Waals surface area contributed by atoms with Crippen LogP contribution in [-0.4, -0.2) is 25.0 Å². The van der Waals surface area contributed by atoms with Gasteiger partial charge in [-0.25, -0.2) is 4.79 Å². The highest BCUT2D eigenvalue weighted by Crippen LogP contribution is 2.19. The zero-order valence-electron chi connectivity index (χ0n) is 13.5. The Kier molecular flexibility index (Phi) is 5.61. The molecule has 4 nitrogen and oxygen atoms in total. The lowest BCUT2D eigenvalue weighted by Gasteiger charge is -2.18. The maximum absolute atomic E-state index is 11.6. The fraction of sp³-hybridized carbons (Fsp3) is 0.500. The Morgan fingerprint density at radius 1 is 1.18 bits per heavy atom. The fourth-order valence-electron chi connectivity index (χ4n) is 2.17. The molecule has 1 saturated heterocycles. The second kappa shape index (κ2) is 7.45. The van der Waals surface area contributed by atoms with Crippen LogP contribution >= 0.6 is 0 Å². The molecular weight excluding hydrogens is 280 g/mol. The number of allylic oxidation sites excluding steroid dienone is 1. The molecule has 0 bridgehead atoms. The highest BCUT2D eigenvalue weighted by atomic mass is 16.7. The van der Waals surface area contributed by atoms with E-state index in [2.05, 4.69) is 12.2 Å². The van der Waals surface area contributed by atoms with Crippen molar-refractivity contribution in [2.75, 3.05) is 13.2 Å². The SMILES string of the molecule is CC(C)(C)OC(=O)Oc1ccc(/C=C\C2CCOCC2)cc1. The Hall–Kier alpha value is -1.81. The summed E-state index contributed by atoms with van der Waals surface area (Å²) in [5.74, 6) is 1.07. The summed E-state index contributed by atoms with van der Waals surface area (Å²) in [4.78, 5) is 11.6. The average molecular weight is 304 g/mol. The Bertz CT molecular complexity index is 505. The number of hydrogen-bond donors (Lipinski definition) is 0. The minimum Gasteiger partial charge on any atom is -0.428 e. The summed E-state index contributed by atoms with van der Waals surface area (Å²) >= 11 is 0. The van der Waals surface area contributed by atoms with E-state index in [0.717, 1.165) is 31.6 Å². The number of carbonyl (C=O) groups excluding carboxylic acids is 1. The fourth-order valence-corrected chi connectivity index (χ4v) is 2.17. The number of hydrogen-bond acceptors (Lipinski definition) is 4. The van der Waals surface area contributed by atoms with Crippen LogP contribution in [0.4, 0.5) is 4.79 Å². The van der Waals surface area contributed by atoms with E-state index in [1.807, 2.05) is 12.1 Å². The highest BCUT2D eigenvalue weighted by Gasteiger charge is 2.17. The van der Waals surface area contributed by atoms with Gasteiger partial charge >= 0.3 is 6.16 Å². The van der Waals surface area contributed by atoms with Crippen molar-refractivity contribution in [2.45, 2.75) is 39.2 Å². The van der Waals surface area contributed by atoms with Gasteiger partial charge in [0.05, 0.1) is 0 Å². The molecule has 22 heavy (non-hydrogen) atoms. The van der Waals surface area contributed by atoms with Gasteiger partial charge in [0.25, 0.3) is 0 Å². The third kappa shape index (κ3) is 5.90. The topological polar surface area (TPSA) is 44.8 Å². The van der Waals surface area contributed by atoms with Crippen LogP contribution in [0.5, 0.6) is 5.75 Å². The second-order valence-electron chi connectivity index (χ2n) is 6.44. The van der Waals surface area contributed by atoms with Gasteiger partial charge in [-0.3, -0.25) is 0 Å². The molecule has 120 valence electrons. The summed E-state index contributed by atoms with van der Waals surface area (Å²) in [6.07, 6.45) is 5.81. The zero-order chi connectivity index (χ0) is 16.0. The summed E-state index contributed by atoms with van der Waals surface area (Å²) in [5, 5.41) is 0. The molecule has 1 heterocycles. The van der Waals surface area contributed by atoms with Gasteiger partial charge in [-0.1, -0.05) is 24.3 Å². The molecule has 1 fully saturated rings. The van der Waals surface area contributed by atoms with Crippen LogP contribution < -0.4 is 4.74 Å². The van der Waals surface area contributed by atoms with E-state index in [9.17, 15) is 4.79 Å². The average Bonchev–Trinajstić information content (AvgIpc) is 2.45. The predicted octanol–water partition coefficient (Wildman–Crippen LogP) is 4.44. The molecule has 0 atom stereocenters. The second-order valence-corrected chi connectivity index (χ2v) is 6.44. The lowest BCUT2D eigenvalue weighted by molar-refractivity contribution is 0.0206. The molecule has 1 aromatic rings. The van der Waals surface area contributed by atoms with Crippen molar-refractivity contribution in [3.05, 3.63) is 35.9 Å². The molecule has 0 N–H and O–H groups in total. The van der Waals surface area contributed by atoms with E-state index in [1.165, 1.54) is 0 Å². The van der Waals surface area contributed by atoms with Crippen molar-refractivity contribution in [1.82, 2.24) is 0 Å². The first-order valence-electron chi connectivity index (χ1n) is 7.69. The Morgan fingerprint density at radius 2 is 1.82 bits per heavy atom. The van der Waals surface area contributed by atoms with E-state index < -0.39 is 11.8 Å². The maximum Gasteiger partial charge on any atom is 0.514 e. The molecule has 1 aliphatic heterocycles. The molecule has 0 spiro atoms. The van der Waals surface area contributed by atoms with Crippen molar-refractivity contribution in [1.29, 1.82) is 0 Å². The molecule has 4 heteroatoms. The molecule has 0 amide bonds. The Morgan fingerprint density at radius 3 is 2.41 bits per heavy atom. The Balaban J connectivity index is 1.87. The largest absolute Gasteiger partial charge is 0.514 e. The van der Waals surface area contributed by atoms with E-state index >= 15 is 0 Å². The van der Waals surface area contributed by atoms with Crippen LogP contribution in [0.15, 0.2) is 30.3 Å². The van der Waals surface area contributed by atoms with Crippen LogP contribution in [0.25, 0.3) is 6.08 Å². The van der Waals surface area contributed by atoms with Gasteiger partial charge in [-0.2, -0.15) is 0 Å². The van der Waals surface area contributed by atoms with E-state index in [4.69, 9.17) is 14.2 Å². The molecule has 0 aromatic heterocycles. The summed E-state index contributed by atoms with van der Waals surface area (Å²) in [5.41, 5.74) is 0.534. The lowest BCUT2D eigenvalue weighted by Crippen LogP contribution is -2.25. The van der Waals surface area contributed by atoms with Crippen LogP contribution in [0.1, 0.15) is 39.2 Å². The van der Waals surface area contributed by atoms with Crippen molar-refractivity contribution in [3.63, 3.8) is 0 Å². The summed E-state index contributed by atoms with van der Waals surface area (Å²) < 4.78 is 15.6. The van der Waals surface area contributed by atoms with Crippen molar-refractivity contribution < 1.29 is 19.0 Å². The van der Waals surface area contributed by atoms with E-state index in [-0.39, 0.29) is 0 Å². The standard InChI is InChI=1S/C18H24O4/c1-18(2,3)22-17(19)21-16-8-6-14(7-9-16)4-5-15-10-12-20-13-11-15/h4-9,15H,10-13H2,1-3H3/b5-4-. The zero-order valence-corrected chi connectivity index (χ0v) is 13.5. The minimum absolute atomic E-state index is 0.484. The summed E-state index contributed by atoms with van der Waals surface area (Å²) in [6, 6.07) is 7.40. The molecule has 0 radical (unpaired) electrons. The molecule has 0 aliphatic carbocycles. The number of carbonyl (C=O) groups is 1. The maximum atomic E-state index is 11.6. The van der Waals surface area contributed by atoms with Crippen LogP contribution in [0.2, 0.25) is 0 Å². The van der Waals surface area contributed by atoms with Crippen LogP contribution in [0, 0.1) is 5.92 Å². The van der Waals surface area contributed by atoms with E-state index in [1.54, 1.807) is 32.9 Å². The Labute approximate surface area is 132 Å². The molecule has 0 saturated carbocycles. The first kappa shape index (κ1) is 16.6. The molecule has 0 unspecified atom stereocenters. The number of rotatable bonds is 3. The molecular formula is C18H24O4. The first-order chi connectivity index (χ1) is 10.4. The smallest absolute Gasteiger partial charge is 0.428 e. The normalized spacial score (nSPS) is 16.7. The molecule has 1 aliphatic rings. The molecule has 1 aromatic carbocycles. The predicted molar refractivity (Wildman–Crippen MR) is 85.9 cm³/mol. The lowest BCUT2D eigenvalue weighted by atomic mass is 9.99. The van der Waals surface area contributed by atoms with Crippen molar-refractivity contribution in [3.8, 4) is 5.75 Å². The van der Waals surface area contributed by atoms with Crippen molar-refractivity contribution in [2.24, 2.45) is 5.92 Å². The third-order valence-corrected chi connectivity index (χ3v) is 3.30.